The van der Waals surface area contributed by atoms with Gasteiger partial charge in [-0.1, -0.05) is 38.5 Å². The van der Waals surface area contributed by atoms with E-state index < -0.39 is 29.7 Å². The molecule has 0 aliphatic heterocycles. The minimum atomic E-state index is -0.827. The van der Waals surface area contributed by atoms with E-state index in [9.17, 15) is 19.2 Å². The Balaban J connectivity index is 1.82. The number of anilines is 2. The standard InChI is InChI=1S/C23H29N7O5/c1-4-6-13-28(19-20(24)29(12-5-2)23(34)25-21(19)32)17(31)14-35-22(33)18-15(3)26-30(27-18)16-10-8-7-9-11-16/h7-11H,4-6,12-14,24H2,1-3H3,(H,25,32,34). The molecular weight excluding hydrogens is 454 g/mol. The van der Waals surface area contributed by atoms with Crippen LogP contribution in [0.3, 0.4) is 0 Å². The SMILES string of the molecule is CCCCN(C(=O)COC(=O)c1nn(-c2ccccc2)nc1C)c1c(N)n(CCC)c(=O)[nH]c1=O. The van der Waals surface area contributed by atoms with Crippen LogP contribution in [0.4, 0.5) is 11.5 Å². The van der Waals surface area contributed by atoms with Crippen molar-refractivity contribution in [3.8, 4) is 5.69 Å². The van der Waals surface area contributed by atoms with E-state index >= 15 is 0 Å². The molecule has 0 saturated carbocycles. The van der Waals surface area contributed by atoms with Crippen molar-refractivity contribution in [2.75, 3.05) is 23.8 Å². The number of rotatable bonds is 10. The number of nitrogen functional groups attached to an aromatic ring is 1. The molecule has 2 aromatic heterocycles. The number of aromatic nitrogens is 5. The predicted molar refractivity (Wildman–Crippen MR) is 130 cm³/mol. The van der Waals surface area contributed by atoms with Gasteiger partial charge >= 0.3 is 11.7 Å². The van der Waals surface area contributed by atoms with Crippen molar-refractivity contribution in [1.29, 1.82) is 0 Å². The quantitative estimate of drug-likeness (QED) is 0.410. The van der Waals surface area contributed by atoms with Crippen LogP contribution in [0.15, 0.2) is 39.9 Å². The Morgan fingerprint density at radius 2 is 1.83 bits per heavy atom. The molecule has 12 nitrogen and oxygen atoms in total. The molecule has 0 bridgehead atoms. The van der Waals surface area contributed by atoms with Crippen LogP contribution in [0.2, 0.25) is 0 Å². The molecule has 0 fully saturated rings. The van der Waals surface area contributed by atoms with Gasteiger partial charge in [0.25, 0.3) is 11.5 Å². The maximum Gasteiger partial charge on any atom is 0.361 e. The third kappa shape index (κ3) is 5.65. The number of nitrogens with one attached hydrogen (secondary N) is 1. The molecule has 0 saturated heterocycles. The molecule has 3 rings (SSSR count). The van der Waals surface area contributed by atoms with E-state index in [2.05, 4.69) is 15.2 Å². The van der Waals surface area contributed by atoms with Gasteiger partial charge in [0.05, 0.1) is 11.4 Å². The number of H-pyrrole nitrogens is 1. The van der Waals surface area contributed by atoms with E-state index in [1.807, 2.05) is 32.0 Å². The summed E-state index contributed by atoms with van der Waals surface area (Å²) in [6, 6.07) is 9.03. The van der Waals surface area contributed by atoms with Crippen molar-refractivity contribution in [3.05, 3.63) is 62.6 Å². The fourth-order valence-corrected chi connectivity index (χ4v) is 3.48. The molecule has 35 heavy (non-hydrogen) atoms. The Hall–Kier alpha value is -4.22. The lowest BCUT2D eigenvalue weighted by molar-refractivity contribution is -0.121. The third-order valence-electron chi connectivity index (χ3n) is 5.26. The highest BCUT2D eigenvalue weighted by Gasteiger charge is 2.26. The number of carbonyl (C=O) groups is 2. The first-order valence-electron chi connectivity index (χ1n) is 11.4. The van der Waals surface area contributed by atoms with Crippen LogP contribution >= 0.6 is 0 Å². The summed E-state index contributed by atoms with van der Waals surface area (Å²) in [6.07, 6.45) is 1.90. The number of nitrogens with zero attached hydrogens (tertiary/aromatic N) is 5. The molecule has 0 aliphatic carbocycles. The Bertz CT molecular complexity index is 1310. The van der Waals surface area contributed by atoms with Gasteiger partial charge in [0.2, 0.25) is 0 Å². The number of amides is 1. The van der Waals surface area contributed by atoms with Gasteiger partial charge in [-0.25, -0.2) is 9.59 Å². The summed E-state index contributed by atoms with van der Waals surface area (Å²) in [7, 11) is 0. The number of benzene rings is 1. The lowest BCUT2D eigenvalue weighted by Crippen LogP contribution is -2.43. The van der Waals surface area contributed by atoms with Gasteiger partial charge in [-0.15, -0.1) is 5.10 Å². The Kier molecular flexibility index (Phi) is 8.18. The number of unbranched alkanes of at least 4 members (excludes halogenated alkanes) is 1. The summed E-state index contributed by atoms with van der Waals surface area (Å²) in [5, 5.41) is 8.40. The lowest BCUT2D eigenvalue weighted by Gasteiger charge is -2.24. The van der Waals surface area contributed by atoms with Crippen LogP contribution < -0.4 is 21.9 Å². The summed E-state index contributed by atoms with van der Waals surface area (Å²) in [5.74, 6) is -1.59. The fourth-order valence-electron chi connectivity index (χ4n) is 3.48. The zero-order valence-corrected chi connectivity index (χ0v) is 20.0. The number of nitrogens with two attached hydrogens (primary N) is 1. The molecule has 0 radical (unpaired) electrons. The topological polar surface area (TPSA) is 158 Å². The number of hydrogen-bond donors (Lipinski definition) is 2. The maximum atomic E-state index is 13.1. The molecule has 186 valence electrons. The lowest BCUT2D eigenvalue weighted by atomic mass is 10.2. The van der Waals surface area contributed by atoms with E-state index in [0.717, 1.165) is 11.3 Å². The molecule has 0 atom stereocenters. The second-order valence-corrected chi connectivity index (χ2v) is 7.88. The smallest absolute Gasteiger partial charge is 0.361 e. The minimum Gasteiger partial charge on any atom is -0.451 e. The van der Waals surface area contributed by atoms with Crippen LogP contribution in [-0.4, -0.2) is 49.6 Å². The highest BCUT2D eigenvalue weighted by molar-refractivity contribution is 5.98. The minimum absolute atomic E-state index is 0.0318. The maximum absolute atomic E-state index is 13.1. The van der Waals surface area contributed by atoms with E-state index in [4.69, 9.17) is 10.5 Å². The molecule has 2 heterocycles. The first-order chi connectivity index (χ1) is 16.8. The molecule has 3 N–H and O–H groups in total. The van der Waals surface area contributed by atoms with Crippen molar-refractivity contribution in [3.63, 3.8) is 0 Å². The summed E-state index contributed by atoms with van der Waals surface area (Å²) in [5.41, 5.74) is 5.52. The monoisotopic (exact) mass is 483 g/mol. The van der Waals surface area contributed by atoms with Crippen LogP contribution in [0.1, 0.15) is 49.3 Å². The van der Waals surface area contributed by atoms with Gasteiger partial charge in [-0.3, -0.25) is 19.1 Å². The summed E-state index contributed by atoms with van der Waals surface area (Å²) >= 11 is 0. The Morgan fingerprint density at radius 3 is 2.49 bits per heavy atom. The van der Waals surface area contributed by atoms with Gasteiger partial charge in [0.1, 0.15) is 5.82 Å². The Labute approximate surface area is 201 Å². The van der Waals surface area contributed by atoms with Crippen molar-refractivity contribution < 1.29 is 14.3 Å². The van der Waals surface area contributed by atoms with Gasteiger partial charge in [0, 0.05) is 13.1 Å². The number of carbonyl (C=O) groups excluding carboxylic acids is 2. The molecule has 0 unspecified atom stereocenters. The molecule has 1 amide bonds. The second-order valence-electron chi connectivity index (χ2n) is 7.88. The summed E-state index contributed by atoms with van der Waals surface area (Å²) < 4.78 is 6.42. The summed E-state index contributed by atoms with van der Waals surface area (Å²) in [6.45, 7) is 5.17. The van der Waals surface area contributed by atoms with Crippen molar-refractivity contribution in [1.82, 2.24) is 24.5 Å². The number of aromatic amines is 1. The molecule has 1 aromatic carbocycles. The highest BCUT2D eigenvalue weighted by atomic mass is 16.5. The van der Waals surface area contributed by atoms with E-state index in [1.165, 1.54) is 9.36 Å². The van der Waals surface area contributed by atoms with Gasteiger partial charge < -0.3 is 15.4 Å². The zero-order chi connectivity index (χ0) is 25.5. The normalized spacial score (nSPS) is 10.8. The van der Waals surface area contributed by atoms with Crippen LogP contribution in [0.5, 0.6) is 0 Å². The second kappa shape index (κ2) is 11.3. The van der Waals surface area contributed by atoms with Gasteiger partial charge in [0.15, 0.2) is 18.0 Å². The van der Waals surface area contributed by atoms with E-state index in [1.54, 1.807) is 19.1 Å². The number of para-hydroxylation sites is 1. The Morgan fingerprint density at radius 1 is 1.11 bits per heavy atom. The third-order valence-corrected chi connectivity index (χ3v) is 5.26. The molecular formula is C23H29N7O5. The number of esters is 1. The zero-order valence-electron chi connectivity index (χ0n) is 20.0. The fraction of sp³-hybridized carbons (Fsp3) is 0.391. The van der Waals surface area contributed by atoms with E-state index in [-0.39, 0.29) is 30.3 Å². The first kappa shape index (κ1) is 25.4. The predicted octanol–water partition coefficient (Wildman–Crippen LogP) is 1.41. The first-order valence-corrected chi connectivity index (χ1v) is 11.4. The molecule has 12 heteroatoms. The van der Waals surface area contributed by atoms with Crippen LogP contribution in [0.25, 0.3) is 5.69 Å². The number of ether oxygens (including phenoxy) is 1. The van der Waals surface area contributed by atoms with Crippen molar-refractivity contribution >= 4 is 23.4 Å². The van der Waals surface area contributed by atoms with Gasteiger partial charge in [-0.05, 0) is 31.9 Å². The average Bonchev–Trinajstić information content (AvgIpc) is 3.24. The molecule has 3 aromatic rings. The van der Waals surface area contributed by atoms with Gasteiger partial charge in [-0.2, -0.15) is 9.90 Å². The average molecular weight is 484 g/mol. The number of hydrogen-bond acceptors (Lipinski definition) is 8. The van der Waals surface area contributed by atoms with Crippen molar-refractivity contribution in [2.24, 2.45) is 0 Å². The van der Waals surface area contributed by atoms with Crippen LogP contribution in [-0.2, 0) is 16.1 Å². The van der Waals surface area contributed by atoms with Crippen molar-refractivity contribution in [2.45, 2.75) is 46.6 Å². The van der Waals surface area contributed by atoms with Crippen LogP contribution in [0, 0.1) is 6.92 Å². The summed E-state index contributed by atoms with van der Waals surface area (Å²) in [4.78, 5) is 55.2. The molecule has 0 spiro atoms. The number of aryl methyl sites for hydroxylation is 1. The highest BCUT2D eigenvalue weighted by Crippen LogP contribution is 2.18. The van der Waals surface area contributed by atoms with E-state index in [0.29, 0.717) is 24.2 Å². The molecule has 0 aliphatic rings. The largest absolute Gasteiger partial charge is 0.451 e.